The number of rotatable bonds is 3. The highest BCUT2D eigenvalue weighted by atomic mass is 35.5. The zero-order valence-electron chi connectivity index (χ0n) is 6.19. The zero-order chi connectivity index (χ0) is 8.97. The van der Waals surface area contributed by atoms with Crippen molar-refractivity contribution >= 4 is 23.2 Å². The Morgan fingerprint density at radius 1 is 1.33 bits per heavy atom. The normalized spacial score (nSPS) is 9.92. The highest BCUT2D eigenvalue weighted by Gasteiger charge is 2.01. The molecule has 1 aromatic carbocycles. The Labute approximate surface area is 80.0 Å². The molecule has 0 N–H and O–H groups in total. The lowest BCUT2D eigenvalue weighted by Gasteiger charge is -2.05. The lowest BCUT2D eigenvalue weighted by atomic mass is 10.3. The van der Waals surface area contributed by atoms with Crippen LogP contribution >= 0.6 is 23.2 Å². The molecule has 0 saturated heterocycles. The molecule has 66 valence electrons. The zero-order valence-corrected chi connectivity index (χ0v) is 7.70. The minimum Gasteiger partial charge on any atom is -0.489 e. The van der Waals surface area contributed by atoms with Gasteiger partial charge in [0.15, 0.2) is 0 Å². The Morgan fingerprint density at radius 2 is 2.08 bits per heavy atom. The monoisotopic (exact) mass is 208 g/mol. The van der Waals surface area contributed by atoms with Crippen LogP contribution in [0.2, 0.25) is 10.0 Å². The minimum absolute atomic E-state index is 0.0000617. The first kappa shape index (κ1) is 9.62. The maximum atomic E-state index is 11.7. The molecular weight excluding hydrogens is 202 g/mol. The van der Waals surface area contributed by atoms with E-state index in [9.17, 15) is 4.39 Å². The second-order valence-corrected chi connectivity index (χ2v) is 2.96. The van der Waals surface area contributed by atoms with E-state index < -0.39 is 6.67 Å². The summed E-state index contributed by atoms with van der Waals surface area (Å²) in [6.45, 7) is -0.539. The molecular formula is C8H7Cl2FO. The van der Waals surface area contributed by atoms with Crippen LogP contribution in [0.4, 0.5) is 4.39 Å². The van der Waals surface area contributed by atoms with Crippen molar-refractivity contribution in [2.24, 2.45) is 0 Å². The van der Waals surface area contributed by atoms with Gasteiger partial charge in [-0.1, -0.05) is 23.2 Å². The molecule has 0 aliphatic rings. The number of ether oxygens (including phenoxy) is 1. The largest absolute Gasteiger partial charge is 0.489 e. The number of benzene rings is 1. The van der Waals surface area contributed by atoms with E-state index in [1.54, 1.807) is 18.2 Å². The number of alkyl halides is 1. The fourth-order valence-corrected chi connectivity index (χ4v) is 1.07. The van der Waals surface area contributed by atoms with Gasteiger partial charge >= 0.3 is 0 Å². The summed E-state index contributed by atoms with van der Waals surface area (Å²) in [7, 11) is 0. The Bertz CT molecular complexity index is 265. The van der Waals surface area contributed by atoms with Crippen molar-refractivity contribution in [1.29, 1.82) is 0 Å². The molecule has 0 unspecified atom stereocenters. The first-order valence-electron chi connectivity index (χ1n) is 3.38. The predicted molar refractivity (Wildman–Crippen MR) is 47.9 cm³/mol. The fourth-order valence-electron chi connectivity index (χ4n) is 0.736. The summed E-state index contributed by atoms with van der Waals surface area (Å²) >= 11 is 11.4. The third kappa shape index (κ3) is 2.54. The summed E-state index contributed by atoms with van der Waals surface area (Å²) in [5.74, 6) is 0.418. The second-order valence-electron chi connectivity index (χ2n) is 2.11. The molecule has 0 atom stereocenters. The van der Waals surface area contributed by atoms with E-state index in [2.05, 4.69) is 0 Å². The number of hydrogen-bond donors (Lipinski definition) is 0. The van der Waals surface area contributed by atoms with Crippen LogP contribution in [0.25, 0.3) is 0 Å². The van der Waals surface area contributed by atoms with Crippen molar-refractivity contribution in [2.45, 2.75) is 0 Å². The quantitative estimate of drug-likeness (QED) is 0.741. The van der Waals surface area contributed by atoms with E-state index >= 15 is 0 Å². The van der Waals surface area contributed by atoms with Gasteiger partial charge in [0.2, 0.25) is 0 Å². The van der Waals surface area contributed by atoms with Gasteiger partial charge in [0, 0.05) is 11.1 Å². The minimum atomic E-state index is -0.539. The van der Waals surface area contributed by atoms with Gasteiger partial charge in [0.25, 0.3) is 0 Å². The highest BCUT2D eigenvalue weighted by molar-refractivity contribution is 6.34. The smallest absolute Gasteiger partial charge is 0.139 e. The molecule has 0 amide bonds. The van der Waals surface area contributed by atoms with Gasteiger partial charge in [-0.25, -0.2) is 4.39 Å². The topological polar surface area (TPSA) is 9.23 Å². The van der Waals surface area contributed by atoms with Gasteiger partial charge in [0.1, 0.15) is 19.0 Å². The van der Waals surface area contributed by atoms with Gasteiger partial charge in [0.05, 0.1) is 5.02 Å². The first-order chi connectivity index (χ1) is 5.74. The fraction of sp³-hybridized carbons (Fsp3) is 0.250. The van der Waals surface area contributed by atoms with E-state index in [1.807, 2.05) is 0 Å². The maximum absolute atomic E-state index is 11.7. The third-order valence-corrected chi connectivity index (χ3v) is 1.78. The third-order valence-electron chi connectivity index (χ3n) is 1.23. The van der Waals surface area contributed by atoms with E-state index in [0.29, 0.717) is 15.8 Å². The SMILES string of the molecule is FCCOc1cc(Cl)ccc1Cl. The Kier molecular flexibility index (Phi) is 3.63. The standard InChI is InChI=1S/C8H7Cl2FO/c9-6-1-2-7(10)8(5-6)12-4-3-11/h1-2,5H,3-4H2. The summed E-state index contributed by atoms with van der Waals surface area (Å²) < 4.78 is 16.7. The van der Waals surface area contributed by atoms with Crippen LogP contribution in [0, 0.1) is 0 Å². The summed E-state index contributed by atoms with van der Waals surface area (Å²) in [6.07, 6.45) is 0. The van der Waals surface area contributed by atoms with Gasteiger partial charge in [-0.2, -0.15) is 0 Å². The van der Waals surface area contributed by atoms with Gasteiger partial charge in [-0.3, -0.25) is 0 Å². The summed E-state index contributed by atoms with van der Waals surface area (Å²) in [5.41, 5.74) is 0. The molecule has 4 heteroatoms. The Balaban J connectivity index is 2.75. The van der Waals surface area contributed by atoms with Crippen LogP contribution in [0.15, 0.2) is 18.2 Å². The summed E-state index contributed by atoms with van der Waals surface area (Å²) in [5, 5.41) is 0.959. The average Bonchev–Trinajstić information content (AvgIpc) is 2.07. The predicted octanol–water partition coefficient (Wildman–Crippen LogP) is 3.34. The van der Waals surface area contributed by atoms with Crippen molar-refractivity contribution < 1.29 is 9.13 Å². The first-order valence-corrected chi connectivity index (χ1v) is 4.13. The van der Waals surface area contributed by atoms with Crippen LogP contribution < -0.4 is 4.74 Å². The van der Waals surface area contributed by atoms with Gasteiger partial charge in [-0.15, -0.1) is 0 Å². The second kappa shape index (κ2) is 4.53. The van der Waals surface area contributed by atoms with Gasteiger partial charge in [-0.05, 0) is 12.1 Å². The molecule has 0 radical (unpaired) electrons. The molecule has 0 bridgehead atoms. The van der Waals surface area contributed by atoms with Crippen LogP contribution in [0.3, 0.4) is 0 Å². The van der Waals surface area contributed by atoms with Crippen LogP contribution in [-0.2, 0) is 0 Å². The van der Waals surface area contributed by atoms with Crippen molar-refractivity contribution in [1.82, 2.24) is 0 Å². The summed E-state index contributed by atoms with van der Waals surface area (Å²) in [4.78, 5) is 0. The molecule has 12 heavy (non-hydrogen) atoms. The van der Waals surface area contributed by atoms with Crippen LogP contribution in [0.1, 0.15) is 0 Å². The lowest BCUT2D eigenvalue weighted by molar-refractivity contribution is 0.273. The summed E-state index contributed by atoms with van der Waals surface area (Å²) in [6, 6.07) is 4.81. The average molecular weight is 209 g/mol. The molecule has 1 rings (SSSR count). The van der Waals surface area contributed by atoms with Gasteiger partial charge < -0.3 is 4.74 Å². The van der Waals surface area contributed by atoms with Crippen molar-refractivity contribution in [3.63, 3.8) is 0 Å². The Morgan fingerprint density at radius 3 is 2.75 bits per heavy atom. The molecule has 0 aromatic heterocycles. The number of halogens is 3. The molecule has 0 fully saturated rings. The number of hydrogen-bond acceptors (Lipinski definition) is 1. The van der Waals surface area contributed by atoms with E-state index in [-0.39, 0.29) is 6.61 Å². The van der Waals surface area contributed by atoms with E-state index in [4.69, 9.17) is 27.9 Å². The maximum Gasteiger partial charge on any atom is 0.139 e. The van der Waals surface area contributed by atoms with Crippen molar-refractivity contribution in [2.75, 3.05) is 13.3 Å². The highest BCUT2D eigenvalue weighted by Crippen LogP contribution is 2.27. The van der Waals surface area contributed by atoms with E-state index in [1.165, 1.54) is 0 Å². The van der Waals surface area contributed by atoms with Crippen molar-refractivity contribution in [3.05, 3.63) is 28.2 Å². The lowest BCUT2D eigenvalue weighted by Crippen LogP contribution is -1.98. The van der Waals surface area contributed by atoms with E-state index in [0.717, 1.165) is 0 Å². The molecule has 0 aliphatic carbocycles. The van der Waals surface area contributed by atoms with Crippen LogP contribution in [0.5, 0.6) is 5.75 Å². The Hall–Kier alpha value is -0.470. The van der Waals surface area contributed by atoms with Crippen LogP contribution in [-0.4, -0.2) is 13.3 Å². The molecule has 1 aromatic rings. The molecule has 0 aliphatic heterocycles. The van der Waals surface area contributed by atoms with Crippen molar-refractivity contribution in [3.8, 4) is 5.75 Å². The molecule has 0 saturated carbocycles. The molecule has 0 heterocycles. The molecule has 0 spiro atoms. The molecule has 1 nitrogen and oxygen atoms in total.